The number of hydrogen-bond donors (Lipinski definition) is 0. The molecule has 0 saturated heterocycles. The van der Waals surface area contributed by atoms with Gasteiger partial charge in [-0.2, -0.15) is 0 Å². The lowest BCUT2D eigenvalue weighted by Gasteiger charge is -2.28. The van der Waals surface area contributed by atoms with Crippen LogP contribution < -0.4 is 18.9 Å². The summed E-state index contributed by atoms with van der Waals surface area (Å²) in [6.45, 7) is 5.36. The number of benzene rings is 3. The second-order valence-corrected chi connectivity index (χ2v) is 8.62. The molecule has 0 amide bonds. The molecule has 2 heterocycles. The molecule has 2 aliphatic rings. The third-order valence-electron chi connectivity index (χ3n) is 6.12. The average Bonchev–Trinajstić information content (AvgIpc) is 3.19. The summed E-state index contributed by atoms with van der Waals surface area (Å²) in [5, 5.41) is 0. The van der Waals surface area contributed by atoms with Crippen LogP contribution in [0, 0.1) is 0 Å². The fourth-order valence-electron chi connectivity index (χ4n) is 4.38. The van der Waals surface area contributed by atoms with E-state index in [1.807, 2.05) is 36.4 Å². The summed E-state index contributed by atoms with van der Waals surface area (Å²) in [7, 11) is 1.67. The first-order chi connectivity index (χ1) is 15.6. The summed E-state index contributed by atoms with van der Waals surface area (Å²) in [4.78, 5) is 0. The molecule has 3 aromatic carbocycles. The summed E-state index contributed by atoms with van der Waals surface area (Å²) in [5.74, 6) is 3.55. The molecule has 0 unspecified atom stereocenters. The van der Waals surface area contributed by atoms with Crippen LogP contribution in [0.5, 0.6) is 23.0 Å². The fourth-order valence-corrected chi connectivity index (χ4v) is 4.38. The third-order valence-corrected chi connectivity index (χ3v) is 6.12. The van der Waals surface area contributed by atoms with Gasteiger partial charge in [0.05, 0.1) is 19.6 Å². The van der Waals surface area contributed by atoms with E-state index in [1.165, 1.54) is 16.7 Å². The zero-order valence-corrected chi connectivity index (χ0v) is 18.8. The molecule has 0 fully saturated rings. The van der Waals surface area contributed by atoms with Gasteiger partial charge in [-0.25, -0.2) is 0 Å². The minimum Gasteiger partial charge on any atom is -0.497 e. The van der Waals surface area contributed by atoms with Crippen LogP contribution >= 0.6 is 0 Å². The number of hydrogen-bond acceptors (Lipinski definition) is 4. The Balaban J connectivity index is 1.47. The van der Waals surface area contributed by atoms with E-state index in [2.05, 4.69) is 44.2 Å². The maximum Gasteiger partial charge on any atom is 0.138 e. The molecule has 2 atom stereocenters. The Labute approximate surface area is 189 Å². The van der Waals surface area contributed by atoms with E-state index in [4.69, 9.17) is 18.9 Å². The molecule has 4 nitrogen and oxygen atoms in total. The van der Waals surface area contributed by atoms with Gasteiger partial charge in [-0.1, -0.05) is 42.0 Å². The summed E-state index contributed by atoms with van der Waals surface area (Å²) in [5.41, 5.74) is 5.87. The molecule has 3 aromatic rings. The van der Waals surface area contributed by atoms with Gasteiger partial charge in [-0.05, 0) is 49.6 Å². The van der Waals surface area contributed by atoms with Gasteiger partial charge in [0.1, 0.15) is 35.7 Å². The van der Waals surface area contributed by atoms with Crippen molar-refractivity contribution < 1.29 is 18.9 Å². The van der Waals surface area contributed by atoms with E-state index in [-0.39, 0.29) is 12.0 Å². The maximum absolute atomic E-state index is 6.47. The minimum atomic E-state index is -0.0552. The highest BCUT2D eigenvalue weighted by molar-refractivity contribution is 5.55. The molecule has 0 N–H and O–H groups in total. The summed E-state index contributed by atoms with van der Waals surface area (Å²) in [6.07, 6.45) is 3.01. The van der Waals surface area contributed by atoms with Gasteiger partial charge in [-0.3, -0.25) is 0 Å². The van der Waals surface area contributed by atoms with E-state index in [0.717, 1.165) is 40.5 Å². The Hall–Kier alpha value is -3.40. The predicted octanol–water partition coefficient (Wildman–Crippen LogP) is 6.39. The zero-order valence-electron chi connectivity index (χ0n) is 18.8. The van der Waals surface area contributed by atoms with Gasteiger partial charge >= 0.3 is 0 Å². The van der Waals surface area contributed by atoms with Crippen LogP contribution in [-0.2, 0) is 13.0 Å². The van der Waals surface area contributed by atoms with Gasteiger partial charge in [0.15, 0.2) is 0 Å². The Morgan fingerprint density at radius 3 is 2.62 bits per heavy atom. The number of fused-ring (bicyclic) bond motifs is 5. The third kappa shape index (κ3) is 3.93. The molecule has 0 aliphatic carbocycles. The van der Waals surface area contributed by atoms with Crippen molar-refractivity contribution in [1.82, 2.24) is 0 Å². The Morgan fingerprint density at radius 1 is 1.00 bits per heavy atom. The van der Waals surface area contributed by atoms with Crippen LogP contribution in [0.4, 0.5) is 0 Å². The van der Waals surface area contributed by atoms with E-state index in [9.17, 15) is 0 Å². The second-order valence-electron chi connectivity index (χ2n) is 8.62. The first-order valence-corrected chi connectivity index (χ1v) is 11.1. The van der Waals surface area contributed by atoms with Crippen molar-refractivity contribution in [2.45, 2.75) is 38.9 Å². The maximum atomic E-state index is 6.47. The van der Waals surface area contributed by atoms with Crippen LogP contribution in [0.15, 0.2) is 72.3 Å². The summed E-state index contributed by atoms with van der Waals surface area (Å²) >= 11 is 0. The van der Waals surface area contributed by atoms with Crippen molar-refractivity contribution >= 4 is 0 Å². The average molecular weight is 429 g/mol. The van der Waals surface area contributed by atoms with Gasteiger partial charge < -0.3 is 18.9 Å². The van der Waals surface area contributed by atoms with E-state index < -0.39 is 0 Å². The lowest BCUT2D eigenvalue weighted by molar-refractivity contribution is 0.139. The first-order valence-electron chi connectivity index (χ1n) is 11.1. The molecular formula is C28H28O4. The van der Waals surface area contributed by atoms with Crippen molar-refractivity contribution in [1.29, 1.82) is 0 Å². The van der Waals surface area contributed by atoms with Crippen LogP contribution in [-0.4, -0.2) is 13.7 Å². The molecule has 0 radical (unpaired) electrons. The van der Waals surface area contributed by atoms with E-state index in [1.54, 1.807) is 7.11 Å². The highest BCUT2D eigenvalue weighted by Crippen LogP contribution is 2.53. The lowest BCUT2D eigenvalue weighted by Crippen LogP contribution is -2.23. The smallest absolute Gasteiger partial charge is 0.138 e. The fraction of sp³-hybridized carbons (Fsp3) is 0.286. The SMILES string of the molecule is COc1ccc2c(c1)OC[C@@H]1c3cc(CC=C(C)C)c(OCc4ccccc4)cc3O[C@H]21. The number of ether oxygens (including phenoxy) is 4. The van der Waals surface area contributed by atoms with Crippen LogP contribution in [0.3, 0.4) is 0 Å². The van der Waals surface area contributed by atoms with Crippen LogP contribution in [0.2, 0.25) is 0 Å². The number of methoxy groups -OCH3 is 1. The molecule has 4 heteroatoms. The van der Waals surface area contributed by atoms with Gasteiger partial charge in [0, 0.05) is 23.3 Å². The Bertz CT molecular complexity index is 1150. The quantitative estimate of drug-likeness (QED) is 0.426. The Kier molecular flexibility index (Phi) is 5.52. The molecule has 0 aromatic heterocycles. The standard InChI is InChI=1S/C28H28O4/c1-18(2)9-10-20-13-23-24-17-31-26-14-21(29-3)11-12-22(26)28(24)32-27(23)15-25(20)30-16-19-7-5-4-6-8-19/h4-9,11-15,24,28H,10,16-17H2,1-3H3/t24-,28-/m1/s1. The van der Waals surface area contributed by atoms with E-state index in [0.29, 0.717) is 13.2 Å². The Morgan fingerprint density at radius 2 is 1.84 bits per heavy atom. The topological polar surface area (TPSA) is 36.9 Å². The van der Waals surface area contributed by atoms with Crippen molar-refractivity contribution in [2.24, 2.45) is 0 Å². The molecular weight excluding hydrogens is 400 g/mol. The van der Waals surface area contributed by atoms with Crippen molar-refractivity contribution in [3.63, 3.8) is 0 Å². The van der Waals surface area contributed by atoms with Gasteiger partial charge in [-0.15, -0.1) is 0 Å². The molecule has 164 valence electrons. The van der Waals surface area contributed by atoms with Crippen molar-refractivity contribution in [3.8, 4) is 23.0 Å². The highest BCUT2D eigenvalue weighted by atomic mass is 16.5. The van der Waals surface area contributed by atoms with Crippen LogP contribution in [0.1, 0.15) is 48.1 Å². The van der Waals surface area contributed by atoms with Gasteiger partial charge in [0.2, 0.25) is 0 Å². The van der Waals surface area contributed by atoms with Crippen molar-refractivity contribution in [2.75, 3.05) is 13.7 Å². The molecule has 0 spiro atoms. The molecule has 5 rings (SSSR count). The van der Waals surface area contributed by atoms with Crippen LogP contribution in [0.25, 0.3) is 0 Å². The monoisotopic (exact) mass is 428 g/mol. The number of rotatable bonds is 6. The van der Waals surface area contributed by atoms with Gasteiger partial charge in [0.25, 0.3) is 0 Å². The zero-order chi connectivity index (χ0) is 22.1. The normalized spacial score (nSPS) is 17.8. The minimum absolute atomic E-state index is 0.0552. The molecule has 32 heavy (non-hydrogen) atoms. The lowest BCUT2D eigenvalue weighted by atomic mass is 9.88. The summed E-state index contributed by atoms with van der Waals surface area (Å²) < 4.78 is 24.2. The molecule has 0 bridgehead atoms. The van der Waals surface area contributed by atoms with E-state index >= 15 is 0 Å². The number of allylic oxidation sites excluding steroid dienone is 2. The molecule has 2 aliphatic heterocycles. The van der Waals surface area contributed by atoms with Crippen molar-refractivity contribution in [3.05, 3.63) is 94.6 Å². The largest absolute Gasteiger partial charge is 0.497 e. The summed E-state index contributed by atoms with van der Waals surface area (Å²) in [6, 6.07) is 20.5. The highest BCUT2D eigenvalue weighted by Gasteiger charge is 2.41. The second kappa shape index (κ2) is 8.62. The first kappa shape index (κ1) is 20.5. The molecule has 0 saturated carbocycles. The predicted molar refractivity (Wildman–Crippen MR) is 125 cm³/mol.